The average molecular weight is 418 g/mol. The molecule has 0 radical (unpaired) electrons. The summed E-state index contributed by atoms with van der Waals surface area (Å²) in [6.45, 7) is 6.64. The van der Waals surface area contributed by atoms with E-state index in [4.69, 9.17) is 0 Å². The van der Waals surface area contributed by atoms with E-state index in [9.17, 15) is 14.4 Å². The van der Waals surface area contributed by atoms with Gasteiger partial charge in [0.25, 0.3) is 11.5 Å². The fourth-order valence-corrected chi connectivity index (χ4v) is 3.10. The predicted molar refractivity (Wildman–Crippen MR) is 123 cm³/mol. The van der Waals surface area contributed by atoms with Crippen molar-refractivity contribution in [1.82, 2.24) is 4.57 Å². The Morgan fingerprint density at radius 2 is 1.45 bits per heavy atom. The van der Waals surface area contributed by atoms with E-state index in [1.807, 2.05) is 12.1 Å². The van der Waals surface area contributed by atoms with E-state index < -0.39 is 0 Å². The largest absolute Gasteiger partial charge is 0.324 e. The lowest BCUT2D eigenvalue weighted by Gasteiger charge is -2.19. The molecule has 2 aromatic carbocycles. The molecule has 0 aliphatic rings. The Bertz CT molecular complexity index is 1130. The molecule has 0 spiro atoms. The molecule has 0 atom stereocenters. The van der Waals surface area contributed by atoms with E-state index in [1.165, 1.54) is 10.6 Å². The number of amides is 2. The number of carbonyl (C=O) groups is 2. The molecule has 0 fully saturated rings. The van der Waals surface area contributed by atoms with E-state index in [-0.39, 0.29) is 35.8 Å². The van der Waals surface area contributed by atoms with Gasteiger partial charge in [-0.3, -0.25) is 14.4 Å². The quantitative estimate of drug-likeness (QED) is 0.623. The van der Waals surface area contributed by atoms with Gasteiger partial charge in [-0.25, -0.2) is 0 Å². The maximum absolute atomic E-state index is 12.7. The fourth-order valence-electron chi connectivity index (χ4n) is 3.10. The maximum atomic E-state index is 12.7. The Labute approximate surface area is 181 Å². The summed E-state index contributed by atoms with van der Waals surface area (Å²) in [5.74, 6) is -0.495. The van der Waals surface area contributed by atoms with Gasteiger partial charge in [0.1, 0.15) is 0 Å². The van der Waals surface area contributed by atoms with Gasteiger partial charge in [-0.05, 0) is 41.3 Å². The molecule has 0 bridgehead atoms. The van der Waals surface area contributed by atoms with Crippen LogP contribution in [0.4, 0.5) is 11.4 Å². The number of nitrogens with zero attached hydrogens (tertiary/aromatic N) is 1. The number of hydrogen-bond acceptors (Lipinski definition) is 3. The molecule has 6 heteroatoms. The molecule has 6 nitrogen and oxygen atoms in total. The predicted octanol–water partition coefficient (Wildman–Crippen LogP) is 4.43. The SMILES string of the molecule is CC(C)(C)c1ccc(C(=O)Nc2ccccc2NC(=O)CCn2ccccc2=O)cc1. The summed E-state index contributed by atoms with van der Waals surface area (Å²) >= 11 is 0. The van der Waals surface area contributed by atoms with Crippen LogP contribution in [0.3, 0.4) is 0 Å². The summed E-state index contributed by atoms with van der Waals surface area (Å²) in [5, 5.41) is 5.68. The molecule has 1 aromatic heterocycles. The van der Waals surface area contributed by atoms with Crippen molar-refractivity contribution in [2.75, 3.05) is 10.6 Å². The smallest absolute Gasteiger partial charge is 0.255 e. The number of aromatic nitrogens is 1. The number of rotatable bonds is 6. The minimum atomic E-state index is -0.252. The second-order valence-corrected chi connectivity index (χ2v) is 8.36. The number of hydrogen-bond donors (Lipinski definition) is 2. The van der Waals surface area contributed by atoms with Crippen LogP contribution in [0.15, 0.2) is 77.7 Å². The second-order valence-electron chi connectivity index (χ2n) is 8.36. The average Bonchev–Trinajstić information content (AvgIpc) is 2.74. The molecular formula is C25H27N3O3. The van der Waals surface area contributed by atoms with Crippen LogP contribution in [0.25, 0.3) is 0 Å². The van der Waals surface area contributed by atoms with E-state index in [1.54, 1.807) is 54.7 Å². The number of aryl methyl sites for hydroxylation is 1. The highest BCUT2D eigenvalue weighted by Crippen LogP contribution is 2.24. The number of nitrogens with one attached hydrogen (secondary N) is 2. The lowest BCUT2D eigenvalue weighted by Crippen LogP contribution is -2.22. The molecule has 0 saturated carbocycles. The summed E-state index contributed by atoms with van der Waals surface area (Å²) in [5.41, 5.74) is 2.56. The molecule has 2 amide bonds. The van der Waals surface area contributed by atoms with Gasteiger partial charge in [0.2, 0.25) is 5.91 Å². The number of anilines is 2. The van der Waals surface area contributed by atoms with Crippen molar-refractivity contribution < 1.29 is 9.59 Å². The molecule has 0 aliphatic carbocycles. The van der Waals surface area contributed by atoms with Crippen LogP contribution >= 0.6 is 0 Å². The number of para-hydroxylation sites is 2. The van der Waals surface area contributed by atoms with Crippen LogP contribution < -0.4 is 16.2 Å². The first kappa shape index (κ1) is 22.0. The molecule has 1 heterocycles. The Morgan fingerprint density at radius 1 is 0.839 bits per heavy atom. The topological polar surface area (TPSA) is 80.2 Å². The van der Waals surface area contributed by atoms with Crippen molar-refractivity contribution in [3.8, 4) is 0 Å². The third-order valence-corrected chi connectivity index (χ3v) is 4.94. The fraction of sp³-hybridized carbons (Fsp3) is 0.240. The van der Waals surface area contributed by atoms with Crippen LogP contribution in [-0.4, -0.2) is 16.4 Å². The van der Waals surface area contributed by atoms with Crippen molar-refractivity contribution in [2.45, 2.75) is 39.2 Å². The minimum Gasteiger partial charge on any atom is -0.324 e. The highest BCUT2D eigenvalue weighted by Gasteiger charge is 2.15. The van der Waals surface area contributed by atoms with Crippen molar-refractivity contribution in [1.29, 1.82) is 0 Å². The van der Waals surface area contributed by atoms with Gasteiger partial charge >= 0.3 is 0 Å². The van der Waals surface area contributed by atoms with Crippen molar-refractivity contribution in [2.24, 2.45) is 0 Å². The second kappa shape index (κ2) is 9.43. The molecule has 2 N–H and O–H groups in total. The molecule has 0 aliphatic heterocycles. The first-order chi connectivity index (χ1) is 14.7. The molecule has 0 saturated heterocycles. The summed E-state index contributed by atoms with van der Waals surface area (Å²) in [7, 11) is 0. The van der Waals surface area contributed by atoms with Gasteiger partial charge in [0.05, 0.1) is 11.4 Å². The maximum Gasteiger partial charge on any atom is 0.255 e. The Morgan fingerprint density at radius 3 is 2.06 bits per heavy atom. The minimum absolute atomic E-state index is 0.0107. The Balaban J connectivity index is 1.66. The van der Waals surface area contributed by atoms with Crippen molar-refractivity contribution >= 4 is 23.2 Å². The molecule has 3 rings (SSSR count). The van der Waals surface area contributed by atoms with E-state index >= 15 is 0 Å². The molecule has 160 valence electrons. The summed E-state index contributed by atoms with van der Waals surface area (Å²) in [6.07, 6.45) is 1.79. The number of pyridine rings is 1. The molecule has 0 unspecified atom stereocenters. The lowest BCUT2D eigenvalue weighted by atomic mass is 9.87. The standard InChI is InChI=1S/C25H27N3O3/c1-25(2,3)19-13-11-18(12-14-19)24(31)27-21-9-5-4-8-20(21)26-22(29)15-17-28-16-7-6-10-23(28)30/h4-14,16H,15,17H2,1-3H3,(H,26,29)(H,27,31). The highest BCUT2D eigenvalue weighted by molar-refractivity contribution is 6.07. The van der Waals surface area contributed by atoms with Crippen LogP contribution in [0.2, 0.25) is 0 Å². The monoisotopic (exact) mass is 417 g/mol. The van der Waals surface area contributed by atoms with Gasteiger partial charge in [-0.1, -0.05) is 51.1 Å². The summed E-state index contributed by atoms with van der Waals surface area (Å²) in [6, 6.07) is 19.4. The Hall–Kier alpha value is -3.67. The zero-order chi connectivity index (χ0) is 22.4. The molecular weight excluding hydrogens is 390 g/mol. The number of benzene rings is 2. The lowest BCUT2D eigenvalue weighted by molar-refractivity contribution is -0.116. The molecule has 3 aromatic rings. The van der Waals surface area contributed by atoms with Crippen molar-refractivity contribution in [3.63, 3.8) is 0 Å². The highest BCUT2D eigenvalue weighted by atomic mass is 16.2. The zero-order valence-electron chi connectivity index (χ0n) is 18.0. The van der Waals surface area contributed by atoms with Gasteiger partial charge in [0.15, 0.2) is 0 Å². The van der Waals surface area contributed by atoms with Gasteiger partial charge in [-0.15, -0.1) is 0 Å². The van der Waals surface area contributed by atoms with E-state index in [0.29, 0.717) is 16.9 Å². The van der Waals surface area contributed by atoms with Crippen LogP contribution in [0.1, 0.15) is 43.1 Å². The Kier molecular flexibility index (Phi) is 6.70. The third-order valence-electron chi connectivity index (χ3n) is 4.94. The van der Waals surface area contributed by atoms with Gasteiger partial charge in [-0.2, -0.15) is 0 Å². The van der Waals surface area contributed by atoms with Crippen LogP contribution in [-0.2, 0) is 16.8 Å². The van der Waals surface area contributed by atoms with Crippen LogP contribution in [0, 0.1) is 0 Å². The van der Waals surface area contributed by atoms with Gasteiger partial charge < -0.3 is 15.2 Å². The number of carbonyl (C=O) groups excluding carboxylic acids is 2. The normalized spacial score (nSPS) is 11.1. The van der Waals surface area contributed by atoms with Crippen LogP contribution in [0.5, 0.6) is 0 Å². The van der Waals surface area contributed by atoms with Gasteiger partial charge in [0, 0.05) is 30.8 Å². The van der Waals surface area contributed by atoms with E-state index in [2.05, 4.69) is 31.4 Å². The molecule has 31 heavy (non-hydrogen) atoms. The summed E-state index contributed by atoms with van der Waals surface area (Å²) < 4.78 is 1.48. The first-order valence-electron chi connectivity index (χ1n) is 10.2. The first-order valence-corrected chi connectivity index (χ1v) is 10.2. The van der Waals surface area contributed by atoms with Crippen molar-refractivity contribution in [3.05, 3.63) is 94.4 Å². The zero-order valence-corrected chi connectivity index (χ0v) is 18.0. The summed E-state index contributed by atoms with van der Waals surface area (Å²) in [4.78, 5) is 36.9. The third kappa shape index (κ3) is 5.92. The van der Waals surface area contributed by atoms with E-state index in [0.717, 1.165) is 5.56 Å².